The Hall–Kier alpha value is -0.410. The van der Waals surface area contributed by atoms with E-state index in [2.05, 4.69) is 0 Å². The van der Waals surface area contributed by atoms with Crippen molar-refractivity contribution in [2.24, 2.45) is 5.41 Å². The van der Waals surface area contributed by atoms with Gasteiger partial charge in [0.15, 0.2) is 5.79 Å². The first-order valence-corrected chi connectivity index (χ1v) is 5.38. The summed E-state index contributed by atoms with van der Waals surface area (Å²) in [6.45, 7) is 3.67. The summed E-state index contributed by atoms with van der Waals surface area (Å²) < 4.78 is 5.59. The number of carbonyl (C=O) groups excluding carboxylic acids is 1. The van der Waals surface area contributed by atoms with Crippen LogP contribution < -0.4 is 0 Å². The summed E-state index contributed by atoms with van der Waals surface area (Å²) in [7, 11) is 0. The molecule has 2 fully saturated rings. The molecule has 0 aromatic heterocycles. The average Bonchev–Trinajstić information content (AvgIpc) is 2.09. The SMILES string of the molecule is C[C@]1(O)CC[C@]2(C)C(=O)CCC[C@@H]2O1. The van der Waals surface area contributed by atoms with Crippen molar-refractivity contribution in [2.45, 2.75) is 57.8 Å². The highest BCUT2D eigenvalue weighted by Crippen LogP contribution is 2.45. The Balaban J connectivity index is 2.20. The Bertz CT molecular complexity index is 259. The lowest BCUT2D eigenvalue weighted by atomic mass is 9.67. The van der Waals surface area contributed by atoms with Crippen molar-refractivity contribution in [3.05, 3.63) is 0 Å². The van der Waals surface area contributed by atoms with Crippen LogP contribution in [0.15, 0.2) is 0 Å². The molecule has 3 heteroatoms. The second kappa shape index (κ2) is 3.04. The van der Waals surface area contributed by atoms with Gasteiger partial charge in [0.2, 0.25) is 0 Å². The summed E-state index contributed by atoms with van der Waals surface area (Å²) in [4.78, 5) is 11.8. The third-order valence-electron chi connectivity index (χ3n) is 3.72. The minimum atomic E-state index is -1.03. The maximum atomic E-state index is 11.8. The Labute approximate surface area is 84.4 Å². The topological polar surface area (TPSA) is 46.5 Å². The minimum Gasteiger partial charge on any atom is -0.366 e. The van der Waals surface area contributed by atoms with E-state index < -0.39 is 5.79 Å². The summed E-state index contributed by atoms with van der Waals surface area (Å²) in [6, 6.07) is 0. The molecule has 2 rings (SSSR count). The number of hydrogen-bond donors (Lipinski definition) is 1. The molecule has 2 aliphatic rings. The fourth-order valence-electron chi connectivity index (χ4n) is 2.58. The van der Waals surface area contributed by atoms with E-state index in [-0.39, 0.29) is 11.5 Å². The normalized spacial score (nSPS) is 48.8. The van der Waals surface area contributed by atoms with Crippen molar-refractivity contribution in [1.29, 1.82) is 0 Å². The molecule has 1 heterocycles. The van der Waals surface area contributed by atoms with E-state index in [1.165, 1.54) is 0 Å². The number of fused-ring (bicyclic) bond motifs is 1. The average molecular weight is 198 g/mol. The zero-order chi connectivity index (χ0) is 10.4. The van der Waals surface area contributed by atoms with Crippen molar-refractivity contribution in [1.82, 2.24) is 0 Å². The molecule has 0 unspecified atom stereocenters. The van der Waals surface area contributed by atoms with Gasteiger partial charge in [-0.1, -0.05) is 6.92 Å². The van der Waals surface area contributed by atoms with Gasteiger partial charge in [0.25, 0.3) is 0 Å². The first kappa shape index (κ1) is 10.1. The molecule has 0 amide bonds. The number of hydrogen-bond acceptors (Lipinski definition) is 3. The summed E-state index contributed by atoms with van der Waals surface area (Å²) >= 11 is 0. The van der Waals surface area contributed by atoms with Gasteiger partial charge in [0.1, 0.15) is 5.78 Å². The maximum Gasteiger partial charge on any atom is 0.163 e. The molecule has 0 aromatic rings. The minimum absolute atomic E-state index is 0.0764. The van der Waals surface area contributed by atoms with Crippen LogP contribution in [-0.4, -0.2) is 22.8 Å². The first-order valence-electron chi connectivity index (χ1n) is 5.38. The smallest absolute Gasteiger partial charge is 0.163 e. The van der Waals surface area contributed by atoms with Gasteiger partial charge in [-0.3, -0.25) is 4.79 Å². The fraction of sp³-hybridized carbons (Fsp3) is 0.909. The molecule has 0 spiro atoms. The maximum absolute atomic E-state index is 11.8. The zero-order valence-corrected chi connectivity index (χ0v) is 8.88. The lowest BCUT2D eigenvalue weighted by molar-refractivity contribution is -0.274. The van der Waals surface area contributed by atoms with Crippen LogP contribution in [-0.2, 0) is 9.53 Å². The van der Waals surface area contributed by atoms with E-state index in [9.17, 15) is 9.90 Å². The lowest BCUT2D eigenvalue weighted by Gasteiger charge is -2.48. The number of Topliss-reactive ketones (excluding diaryl/α,β-unsaturated/α-hetero) is 1. The van der Waals surface area contributed by atoms with Crippen molar-refractivity contribution in [3.8, 4) is 0 Å². The van der Waals surface area contributed by atoms with E-state index >= 15 is 0 Å². The third kappa shape index (κ3) is 1.48. The zero-order valence-electron chi connectivity index (χ0n) is 8.88. The van der Waals surface area contributed by atoms with Gasteiger partial charge >= 0.3 is 0 Å². The Morgan fingerprint density at radius 2 is 2.14 bits per heavy atom. The van der Waals surface area contributed by atoms with Crippen LogP contribution in [0.3, 0.4) is 0 Å². The van der Waals surface area contributed by atoms with Gasteiger partial charge in [-0.25, -0.2) is 0 Å². The van der Waals surface area contributed by atoms with Gasteiger partial charge in [-0.2, -0.15) is 0 Å². The molecule has 3 nitrogen and oxygen atoms in total. The molecule has 0 bridgehead atoms. The second-order valence-corrected chi connectivity index (χ2v) is 5.01. The third-order valence-corrected chi connectivity index (χ3v) is 3.72. The molecule has 3 atom stereocenters. The van der Waals surface area contributed by atoms with Gasteiger partial charge < -0.3 is 9.84 Å². The van der Waals surface area contributed by atoms with Crippen molar-refractivity contribution in [2.75, 3.05) is 0 Å². The lowest BCUT2D eigenvalue weighted by Crippen LogP contribution is -2.53. The van der Waals surface area contributed by atoms with E-state index in [0.717, 1.165) is 19.3 Å². The van der Waals surface area contributed by atoms with Crippen LogP contribution in [0.4, 0.5) is 0 Å². The Morgan fingerprint density at radius 3 is 2.86 bits per heavy atom. The molecule has 1 aliphatic carbocycles. The summed E-state index contributed by atoms with van der Waals surface area (Å²) in [5.41, 5.74) is -0.333. The highest BCUT2D eigenvalue weighted by Gasteiger charge is 2.50. The molecule has 1 saturated heterocycles. The number of carbonyl (C=O) groups is 1. The molecule has 80 valence electrons. The van der Waals surface area contributed by atoms with Gasteiger partial charge in [-0.05, 0) is 26.2 Å². The van der Waals surface area contributed by atoms with E-state index in [1.807, 2.05) is 6.92 Å². The molecular formula is C11H18O3. The number of ketones is 1. The fourth-order valence-corrected chi connectivity index (χ4v) is 2.58. The predicted octanol–water partition coefficient (Wildman–Crippen LogP) is 1.63. The summed E-state index contributed by atoms with van der Waals surface area (Å²) in [6.07, 6.45) is 3.72. The van der Waals surface area contributed by atoms with E-state index in [1.54, 1.807) is 6.92 Å². The van der Waals surface area contributed by atoms with Crippen molar-refractivity contribution < 1.29 is 14.6 Å². The van der Waals surface area contributed by atoms with Crippen LogP contribution in [0.1, 0.15) is 46.0 Å². The van der Waals surface area contributed by atoms with Crippen LogP contribution in [0, 0.1) is 5.41 Å². The van der Waals surface area contributed by atoms with E-state index in [4.69, 9.17) is 4.74 Å². The van der Waals surface area contributed by atoms with Crippen LogP contribution in [0.25, 0.3) is 0 Å². The molecule has 1 N–H and O–H groups in total. The van der Waals surface area contributed by atoms with E-state index in [0.29, 0.717) is 18.6 Å². The summed E-state index contributed by atoms with van der Waals surface area (Å²) in [5, 5.41) is 9.78. The standard InChI is InChI=1S/C11H18O3/c1-10-6-7-11(2,13)14-9(10)5-3-4-8(10)12/h9,13H,3-7H2,1-2H3/t9-,10+,11+/m0/s1. The van der Waals surface area contributed by atoms with Gasteiger partial charge in [0.05, 0.1) is 11.5 Å². The number of ether oxygens (including phenoxy) is 1. The molecule has 0 radical (unpaired) electrons. The van der Waals surface area contributed by atoms with Gasteiger partial charge in [-0.15, -0.1) is 0 Å². The molecular weight excluding hydrogens is 180 g/mol. The molecule has 14 heavy (non-hydrogen) atoms. The highest BCUT2D eigenvalue weighted by molar-refractivity contribution is 5.86. The highest BCUT2D eigenvalue weighted by atomic mass is 16.6. The van der Waals surface area contributed by atoms with Crippen LogP contribution in [0.5, 0.6) is 0 Å². The van der Waals surface area contributed by atoms with Gasteiger partial charge in [0, 0.05) is 12.8 Å². The van der Waals surface area contributed by atoms with Crippen molar-refractivity contribution in [3.63, 3.8) is 0 Å². The number of rotatable bonds is 0. The first-order chi connectivity index (χ1) is 6.44. The molecule has 0 aromatic carbocycles. The molecule has 1 aliphatic heterocycles. The predicted molar refractivity (Wildman–Crippen MR) is 51.7 cm³/mol. The largest absolute Gasteiger partial charge is 0.366 e. The van der Waals surface area contributed by atoms with Crippen LogP contribution >= 0.6 is 0 Å². The summed E-state index contributed by atoms with van der Waals surface area (Å²) in [5.74, 6) is -0.717. The van der Waals surface area contributed by atoms with Crippen LogP contribution in [0.2, 0.25) is 0 Å². The monoisotopic (exact) mass is 198 g/mol. The second-order valence-electron chi connectivity index (χ2n) is 5.01. The van der Waals surface area contributed by atoms with Crippen molar-refractivity contribution >= 4 is 5.78 Å². The molecule has 1 saturated carbocycles. The quantitative estimate of drug-likeness (QED) is 0.643. The number of aliphatic hydroxyl groups is 1. The Kier molecular flexibility index (Phi) is 2.20. The Morgan fingerprint density at radius 1 is 1.43 bits per heavy atom.